The summed E-state index contributed by atoms with van der Waals surface area (Å²) in [4.78, 5) is 2.62. The maximum atomic E-state index is 2.62. The molecule has 2 heteroatoms. The summed E-state index contributed by atoms with van der Waals surface area (Å²) in [5, 5.41) is 0. The van der Waals surface area contributed by atoms with Crippen molar-refractivity contribution in [3.8, 4) is 0 Å². The average molecular weight is 199 g/mol. The first-order valence-electron chi connectivity index (χ1n) is 5.83. The fourth-order valence-electron chi connectivity index (χ4n) is 1.77. The molecule has 0 amide bonds. The predicted molar refractivity (Wildman–Crippen MR) is 62.4 cm³/mol. The molecule has 0 N–H and O–H groups in total. The molecule has 1 saturated heterocycles. The highest BCUT2D eigenvalue weighted by atomic mass is 15.4. The molecule has 0 aromatic carbocycles. The van der Waals surface area contributed by atoms with Gasteiger partial charge in [-0.15, -0.1) is 0 Å². The first-order valence-corrected chi connectivity index (χ1v) is 5.83. The van der Waals surface area contributed by atoms with Gasteiger partial charge in [0, 0.05) is 13.1 Å². The lowest BCUT2D eigenvalue weighted by Crippen LogP contribution is -2.55. The van der Waals surface area contributed by atoms with Crippen LogP contribution in [0.25, 0.3) is 0 Å². The van der Waals surface area contributed by atoms with Crippen LogP contribution < -0.4 is 0 Å². The van der Waals surface area contributed by atoms with Gasteiger partial charge in [0.1, 0.15) is 0 Å². The van der Waals surface area contributed by atoms with Crippen molar-refractivity contribution in [2.24, 2.45) is 5.41 Å². The summed E-state index contributed by atoms with van der Waals surface area (Å²) in [7, 11) is 4.67. The van der Waals surface area contributed by atoms with Crippen LogP contribution in [0.15, 0.2) is 0 Å². The van der Waals surface area contributed by atoms with Gasteiger partial charge in [-0.05, 0) is 18.4 Å². The second-order valence-corrected chi connectivity index (χ2v) is 6.54. The first-order chi connectivity index (χ1) is 6.29. The minimum atomic E-state index is 0.488. The third-order valence-electron chi connectivity index (χ3n) is 3.22. The fraction of sp³-hybridized carbons (Fsp3) is 1.00. The van der Waals surface area contributed by atoms with E-state index in [0.717, 1.165) is 0 Å². The molecule has 0 saturated carbocycles. The van der Waals surface area contributed by atoms with Crippen LogP contribution >= 0.6 is 0 Å². The minimum absolute atomic E-state index is 0.488. The molecule has 0 spiro atoms. The van der Waals surface area contributed by atoms with Crippen LogP contribution in [0.2, 0.25) is 0 Å². The maximum absolute atomic E-state index is 2.62. The summed E-state index contributed by atoms with van der Waals surface area (Å²) < 4.78 is 1.20. The van der Waals surface area contributed by atoms with Gasteiger partial charge in [0.05, 0.1) is 27.2 Å². The summed E-state index contributed by atoms with van der Waals surface area (Å²) in [5.41, 5.74) is 0.488. The van der Waals surface area contributed by atoms with Gasteiger partial charge in [0.25, 0.3) is 0 Å². The van der Waals surface area contributed by atoms with E-state index in [1.54, 1.807) is 0 Å². The molecule has 2 nitrogen and oxygen atoms in total. The molecule has 0 radical (unpaired) electrons. The summed E-state index contributed by atoms with van der Waals surface area (Å²) >= 11 is 0. The van der Waals surface area contributed by atoms with Gasteiger partial charge in [-0.3, -0.25) is 4.90 Å². The molecule has 14 heavy (non-hydrogen) atoms. The van der Waals surface area contributed by atoms with Crippen molar-refractivity contribution in [3.63, 3.8) is 0 Å². The van der Waals surface area contributed by atoms with Crippen molar-refractivity contribution >= 4 is 0 Å². The molecule has 0 atom stereocenters. The minimum Gasteiger partial charge on any atom is -0.326 e. The third-order valence-corrected chi connectivity index (χ3v) is 3.22. The number of rotatable bonds is 2. The second-order valence-electron chi connectivity index (χ2n) is 6.54. The van der Waals surface area contributed by atoms with Crippen LogP contribution in [0, 0.1) is 5.41 Å². The summed E-state index contributed by atoms with van der Waals surface area (Å²) in [6, 6.07) is 0. The maximum Gasteiger partial charge on any atom is 0.0912 e. The SMILES string of the molecule is CC(C)(C)CCN1CC[N+](C)(C)CC1. The zero-order valence-electron chi connectivity index (χ0n) is 10.6. The van der Waals surface area contributed by atoms with Crippen molar-refractivity contribution in [1.29, 1.82) is 0 Å². The Bertz CT molecular complexity index is 169. The van der Waals surface area contributed by atoms with Crippen molar-refractivity contribution in [3.05, 3.63) is 0 Å². The van der Waals surface area contributed by atoms with Crippen molar-refractivity contribution < 1.29 is 4.48 Å². The van der Waals surface area contributed by atoms with Crippen molar-refractivity contribution in [1.82, 2.24) is 4.90 Å². The zero-order valence-corrected chi connectivity index (χ0v) is 10.6. The Morgan fingerprint density at radius 1 is 1.07 bits per heavy atom. The van der Waals surface area contributed by atoms with Crippen LogP contribution in [0.3, 0.4) is 0 Å². The van der Waals surface area contributed by atoms with Crippen LogP contribution in [0.5, 0.6) is 0 Å². The number of hydrogen-bond donors (Lipinski definition) is 0. The normalized spacial score (nSPS) is 23.8. The molecule has 0 bridgehead atoms. The number of likely N-dealkylation sites (N-methyl/N-ethyl adjacent to an activating group) is 1. The standard InChI is InChI=1S/C12H27N2/c1-12(2,3)6-7-13-8-10-14(4,5)11-9-13/h6-11H2,1-5H3/q+1. The van der Waals surface area contributed by atoms with Crippen LogP contribution in [0.1, 0.15) is 27.2 Å². The largest absolute Gasteiger partial charge is 0.326 e. The third kappa shape index (κ3) is 4.43. The van der Waals surface area contributed by atoms with Gasteiger partial charge in [-0.25, -0.2) is 0 Å². The molecule has 0 aliphatic carbocycles. The van der Waals surface area contributed by atoms with Crippen molar-refractivity contribution in [2.75, 3.05) is 46.8 Å². The molecule has 0 aromatic rings. The molecular weight excluding hydrogens is 172 g/mol. The van der Waals surface area contributed by atoms with Gasteiger partial charge >= 0.3 is 0 Å². The quantitative estimate of drug-likeness (QED) is 0.613. The van der Waals surface area contributed by atoms with Gasteiger partial charge in [-0.2, -0.15) is 0 Å². The Morgan fingerprint density at radius 3 is 2.00 bits per heavy atom. The zero-order chi connectivity index (χ0) is 10.8. The van der Waals surface area contributed by atoms with E-state index in [-0.39, 0.29) is 0 Å². The van der Waals surface area contributed by atoms with Gasteiger partial charge in [-0.1, -0.05) is 20.8 Å². The number of nitrogens with zero attached hydrogens (tertiary/aromatic N) is 2. The Kier molecular flexibility index (Phi) is 3.59. The average Bonchev–Trinajstić information content (AvgIpc) is 2.01. The van der Waals surface area contributed by atoms with Crippen LogP contribution in [-0.2, 0) is 0 Å². The topological polar surface area (TPSA) is 3.24 Å². The lowest BCUT2D eigenvalue weighted by molar-refractivity contribution is -0.894. The predicted octanol–water partition coefficient (Wildman–Crippen LogP) is 1.81. The molecule has 84 valence electrons. The van der Waals surface area contributed by atoms with E-state index < -0.39 is 0 Å². The van der Waals surface area contributed by atoms with Gasteiger partial charge < -0.3 is 4.48 Å². The fourth-order valence-corrected chi connectivity index (χ4v) is 1.77. The molecular formula is C12H27N2+. The van der Waals surface area contributed by atoms with E-state index in [2.05, 4.69) is 39.8 Å². The Morgan fingerprint density at radius 2 is 1.57 bits per heavy atom. The molecule has 0 aromatic heterocycles. The van der Waals surface area contributed by atoms with Gasteiger partial charge in [0.15, 0.2) is 0 Å². The number of quaternary nitrogens is 1. The van der Waals surface area contributed by atoms with E-state index in [4.69, 9.17) is 0 Å². The number of piperazine rings is 1. The monoisotopic (exact) mass is 199 g/mol. The van der Waals surface area contributed by atoms with E-state index in [0.29, 0.717) is 5.41 Å². The first kappa shape index (κ1) is 12.0. The van der Waals surface area contributed by atoms with Crippen LogP contribution in [-0.4, -0.2) is 56.2 Å². The highest BCUT2D eigenvalue weighted by Crippen LogP contribution is 2.19. The molecule has 1 heterocycles. The summed E-state index contributed by atoms with van der Waals surface area (Å²) in [5.74, 6) is 0. The Labute approximate surface area is 89.5 Å². The summed E-state index contributed by atoms with van der Waals surface area (Å²) in [6.07, 6.45) is 1.32. The summed E-state index contributed by atoms with van der Waals surface area (Å²) in [6.45, 7) is 13.5. The highest BCUT2D eigenvalue weighted by Gasteiger charge is 2.24. The Balaban J connectivity index is 2.23. The molecule has 1 fully saturated rings. The second kappa shape index (κ2) is 4.19. The lowest BCUT2D eigenvalue weighted by atomic mass is 9.92. The lowest BCUT2D eigenvalue weighted by Gasteiger charge is -2.39. The van der Waals surface area contributed by atoms with E-state index >= 15 is 0 Å². The Hall–Kier alpha value is -0.0800. The number of hydrogen-bond acceptors (Lipinski definition) is 1. The molecule has 1 aliphatic rings. The van der Waals surface area contributed by atoms with E-state index in [9.17, 15) is 0 Å². The molecule has 0 unspecified atom stereocenters. The van der Waals surface area contributed by atoms with Crippen molar-refractivity contribution in [2.45, 2.75) is 27.2 Å². The van der Waals surface area contributed by atoms with Crippen LogP contribution in [0.4, 0.5) is 0 Å². The smallest absolute Gasteiger partial charge is 0.0912 e. The van der Waals surface area contributed by atoms with E-state index in [1.165, 1.54) is 43.6 Å². The molecule has 1 aliphatic heterocycles. The van der Waals surface area contributed by atoms with E-state index in [1.807, 2.05) is 0 Å². The highest BCUT2D eigenvalue weighted by molar-refractivity contribution is 4.68. The molecule has 1 rings (SSSR count). The van der Waals surface area contributed by atoms with Gasteiger partial charge in [0.2, 0.25) is 0 Å².